The van der Waals surface area contributed by atoms with Crippen molar-refractivity contribution in [3.8, 4) is 34.5 Å². The molecule has 0 spiro atoms. The molecular weight excluding hydrogens is 304 g/mol. The lowest BCUT2D eigenvalue weighted by atomic mass is 9.97. The molecule has 1 aliphatic heterocycles. The number of carbonyl (C=O) groups excluding carboxylic acids is 1. The van der Waals surface area contributed by atoms with E-state index < -0.39 is 23.0 Å². The highest BCUT2D eigenvalue weighted by molar-refractivity contribution is 6.14. The van der Waals surface area contributed by atoms with Crippen LogP contribution in [0.5, 0.6) is 34.5 Å². The average Bonchev–Trinajstić information content (AvgIpc) is 2.53. The number of aromatic hydroxyl groups is 5. The maximum Gasteiger partial charge on any atom is 0.204 e. The molecule has 0 aromatic heterocycles. The Hall–Kier alpha value is -3.35. The van der Waals surface area contributed by atoms with Crippen molar-refractivity contribution >= 4 is 11.9 Å². The molecule has 0 unspecified atom stereocenters. The molecule has 0 aliphatic carbocycles. The first-order chi connectivity index (χ1) is 10.9. The molecule has 118 valence electrons. The summed E-state index contributed by atoms with van der Waals surface area (Å²) in [6, 6.07) is 5.08. The van der Waals surface area contributed by atoms with Gasteiger partial charge in [-0.1, -0.05) is 0 Å². The number of benzene rings is 2. The summed E-state index contributed by atoms with van der Waals surface area (Å²) in [6.45, 7) is -0.114. The van der Waals surface area contributed by atoms with Gasteiger partial charge in [0.2, 0.25) is 11.5 Å². The third-order valence-electron chi connectivity index (χ3n) is 3.47. The Bertz CT molecular complexity index is 852. The van der Waals surface area contributed by atoms with Gasteiger partial charge in [0.1, 0.15) is 18.1 Å². The number of fused-ring (bicyclic) bond motifs is 1. The average molecular weight is 316 g/mol. The van der Waals surface area contributed by atoms with Crippen LogP contribution in [0.1, 0.15) is 15.9 Å². The normalized spacial score (nSPS) is 15.3. The second-order valence-corrected chi connectivity index (χ2v) is 5.00. The highest BCUT2D eigenvalue weighted by atomic mass is 16.5. The minimum absolute atomic E-state index is 0.0324. The van der Waals surface area contributed by atoms with E-state index in [0.29, 0.717) is 0 Å². The van der Waals surface area contributed by atoms with Gasteiger partial charge in [-0.2, -0.15) is 0 Å². The number of hydrogen-bond acceptors (Lipinski definition) is 7. The molecule has 2 aromatic carbocycles. The van der Waals surface area contributed by atoms with Crippen LogP contribution in [0.25, 0.3) is 6.08 Å². The van der Waals surface area contributed by atoms with Crippen LogP contribution in [0.4, 0.5) is 0 Å². The highest BCUT2D eigenvalue weighted by Crippen LogP contribution is 2.44. The van der Waals surface area contributed by atoms with Gasteiger partial charge < -0.3 is 30.3 Å². The summed E-state index contributed by atoms with van der Waals surface area (Å²) in [7, 11) is 0. The topological polar surface area (TPSA) is 127 Å². The molecule has 0 fully saturated rings. The maximum atomic E-state index is 12.4. The van der Waals surface area contributed by atoms with Crippen LogP contribution in [-0.2, 0) is 0 Å². The van der Waals surface area contributed by atoms with Crippen molar-refractivity contribution in [1.29, 1.82) is 0 Å². The fourth-order valence-electron chi connectivity index (χ4n) is 2.27. The van der Waals surface area contributed by atoms with Crippen LogP contribution in [0.2, 0.25) is 0 Å². The molecule has 7 nitrogen and oxygen atoms in total. The summed E-state index contributed by atoms with van der Waals surface area (Å²) >= 11 is 0. The lowest BCUT2D eigenvalue weighted by Gasteiger charge is -2.19. The molecule has 0 radical (unpaired) electrons. The Morgan fingerprint density at radius 3 is 2.43 bits per heavy atom. The Balaban J connectivity index is 2.05. The van der Waals surface area contributed by atoms with Gasteiger partial charge in [0.05, 0.1) is 5.56 Å². The summed E-state index contributed by atoms with van der Waals surface area (Å²) in [6.07, 6.45) is 1.24. The van der Waals surface area contributed by atoms with Gasteiger partial charge in [-0.15, -0.1) is 0 Å². The quantitative estimate of drug-likeness (QED) is 0.309. The number of phenols is 5. The summed E-state index contributed by atoms with van der Waals surface area (Å²) in [5.74, 6) is -3.21. The first-order valence-corrected chi connectivity index (χ1v) is 6.56. The van der Waals surface area contributed by atoms with Gasteiger partial charge in [0.15, 0.2) is 17.3 Å². The molecule has 23 heavy (non-hydrogen) atoms. The van der Waals surface area contributed by atoms with E-state index in [1.807, 2.05) is 0 Å². The Morgan fingerprint density at radius 2 is 1.70 bits per heavy atom. The SMILES string of the molecule is O=C1C(=Cc2cc(O)c(O)c(O)c2O)COc2cc(O)ccc21. The number of ketones is 1. The molecule has 2 aromatic rings. The minimum atomic E-state index is -0.883. The Morgan fingerprint density at radius 1 is 0.957 bits per heavy atom. The monoisotopic (exact) mass is 316 g/mol. The lowest BCUT2D eigenvalue weighted by Crippen LogP contribution is -2.18. The zero-order valence-electron chi connectivity index (χ0n) is 11.6. The first-order valence-electron chi connectivity index (χ1n) is 6.56. The molecule has 0 bridgehead atoms. The van der Waals surface area contributed by atoms with Crippen LogP contribution >= 0.6 is 0 Å². The van der Waals surface area contributed by atoms with Crippen LogP contribution < -0.4 is 4.74 Å². The predicted molar refractivity (Wildman–Crippen MR) is 79.0 cm³/mol. The molecule has 0 amide bonds. The number of ether oxygens (including phenoxy) is 1. The van der Waals surface area contributed by atoms with E-state index in [0.717, 1.165) is 6.07 Å². The van der Waals surface area contributed by atoms with E-state index in [4.69, 9.17) is 4.74 Å². The number of carbonyl (C=O) groups is 1. The molecule has 3 rings (SSSR count). The van der Waals surface area contributed by atoms with Crippen molar-refractivity contribution in [3.63, 3.8) is 0 Å². The highest BCUT2D eigenvalue weighted by Gasteiger charge is 2.25. The summed E-state index contributed by atoms with van der Waals surface area (Å²) < 4.78 is 5.38. The second-order valence-electron chi connectivity index (χ2n) is 5.00. The molecule has 5 N–H and O–H groups in total. The molecule has 1 aliphatic rings. The van der Waals surface area contributed by atoms with Gasteiger partial charge in [-0.25, -0.2) is 0 Å². The third-order valence-corrected chi connectivity index (χ3v) is 3.47. The van der Waals surface area contributed by atoms with E-state index in [1.165, 1.54) is 24.3 Å². The van der Waals surface area contributed by atoms with Crippen LogP contribution in [0.15, 0.2) is 29.8 Å². The van der Waals surface area contributed by atoms with E-state index in [2.05, 4.69) is 0 Å². The van der Waals surface area contributed by atoms with Crippen molar-refractivity contribution in [2.45, 2.75) is 0 Å². The van der Waals surface area contributed by atoms with Crippen molar-refractivity contribution in [3.05, 3.63) is 41.0 Å². The van der Waals surface area contributed by atoms with Crippen molar-refractivity contribution < 1.29 is 35.1 Å². The zero-order valence-corrected chi connectivity index (χ0v) is 11.6. The van der Waals surface area contributed by atoms with Gasteiger partial charge in [-0.3, -0.25) is 4.79 Å². The fourth-order valence-corrected chi connectivity index (χ4v) is 2.27. The van der Waals surface area contributed by atoms with Gasteiger partial charge in [0.25, 0.3) is 0 Å². The zero-order chi connectivity index (χ0) is 16.7. The largest absolute Gasteiger partial charge is 0.508 e. The minimum Gasteiger partial charge on any atom is -0.508 e. The summed E-state index contributed by atoms with van der Waals surface area (Å²) in [5, 5.41) is 47.5. The van der Waals surface area contributed by atoms with Gasteiger partial charge in [-0.05, 0) is 24.3 Å². The van der Waals surface area contributed by atoms with E-state index in [9.17, 15) is 30.3 Å². The van der Waals surface area contributed by atoms with Crippen molar-refractivity contribution in [2.24, 2.45) is 0 Å². The number of Topliss-reactive ketones (excluding diaryl/α,β-unsaturated/α-hetero) is 1. The smallest absolute Gasteiger partial charge is 0.204 e. The van der Waals surface area contributed by atoms with Crippen LogP contribution in [-0.4, -0.2) is 37.9 Å². The Labute approximate surface area is 129 Å². The molecule has 0 atom stereocenters. The molecular formula is C16H12O7. The predicted octanol–water partition coefficient (Wildman–Crippen LogP) is 1.87. The Kier molecular flexibility index (Phi) is 3.25. The maximum absolute atomic E-state index is 12.4. The van der Waals surface area contributed by atoms with Gasteiger partial charge in [0, 0.05) is 17.2 Å². The number of hydrogen-bond donors (Lipinski definition) is 5. The molecule has 7 heteroatoms. The summed E-state index contributed by atoms with van der Waals surface area (Å²) in [5.41, 5.74) is 0.363. The first kappa shape index (κ1) is 14.6. The van der Waals surface area contributed by atoms with Gasteiger partial charge >= 0.3 is 0 Å². The molecule has 1 heterocycles. The third kappa shape index (κ3) is 2.38. The van der Waals surface area contributed by atoms with Crippen LogP contribution in [0, 0.1) is 0 Å². The number of rotatable bonds is 1. The standard InChI is InChI=1S/C16H12O7/c17-9-1-2-10-12(5-9)23-6-8(13(10)19)3-7-4-11(18)15(21)16(22)14(7)20/h1-5,17-18,20-22H,6H2. The fraction of sp³-hybridized carbons (Fsp3) is 0.0625. The van der Waals surface area contributed by atoms with E-state index in [1.54, 1.807) is 0 Å². The molecule has 0 saturated heterocycles. The summed E-state index contributed by atoms with van der Waals surface area (Å²) in [4.78, 5) is 12.4. The van der Waals surface area contributed by atoms with E-state index in [-0.39, 0.29) is 40.6 Å². The van der Waals surface area contributed by atoms with Crippen molar-refractivity contribution in [1.82, 2.24) is 0 Å². The second kappa shape index (κ2) is 5.13. The van der Waals surface area contributed by atoms with Crippen LogP contribution in [0.3, 0.4) is 0 Å². The lowest BCUT2D eigenvalue weighted by molar-refractivity contribution is 0.100. The molecule has 0 saturated carbocycles. The van der Waals surface area contributed by atoms with E-state index >= 15 is 0 Å². The number of phenolic OH excluding ortho intramolecular Hbond substituents is 5. The van der Waals surface area contributed by atoms with Crippen molar-refractivity contribution in [2.75, 3.05) is 6.61 Å².